The molecule has 1 aromatic rings. The number of pyridine rings is 1. The molecule has 0 spiro atoms. The van der Waals surface area contributed by atoms with Crippen molar-refractivity contribution in [3.63, 3.8) is 0 Å². The maximum atomic E-state index is 11.9. The molecular weight excluding hydrogens is 240 g/mol. The molecule has 2 heterocycles. The number of hydrogen-bond acceptors (Lipinski definition) is 4. The van der Waals surface area contributed by atoms with Gasteiger partial charge in [-0.1, -0.05) is 0 Å². The van der Waals surface area contributed by atoms with Crippen LogP contribution in [0, 0.1) is 5.92 Å². The van der Waals surface area contributed by atoms with Gasteiger partial charge in [-0.05, 0) is 31.4 Å². The molecule has 0 saturated carbocycles. The van der Waals surface area contributed by atoms with Crippen LogP contribution in [-0.4, -0.2) is 49.0 Å². The summed E-state index contributed by atoms with van der Waals surface area (Å²) in [6.45, 7) is 4.00. The Kier molecular flexibility index (Phi) is 4.04. The van der Waals surface area contributed by atoms with E-state index in [1.54, 1.807) is 25.2 Å². The van der Waals surface area contributed by atoms with Crippen molar-refractivity contribution in [3.8, 4) is 0 Å². The summed E-state index contributed by atoms with van der Waals surface area (Å²) in [5.74, 6) is 0.464. The van der Waals surface area contributed by atoms with Crippen molar-refractivity contribution in [2.45, 2.75) is 19.4 Å². The molecule has 2 N–H and O–H groups in total. The first-order chi connectivity index (χ1) is 8.99. The van der Waals surface area contributed by atoms with Crippen molar-refractivity contribution in [3.05, 3.63) is 24.0 Å². The van der Waals surface area contributed by atoms with Crippen molar-refractivity contribution >= 4 is 11.6 Å². The van der Waals surface area contributed by atoms with Crippen LogP contribution in [-0.2, 0) is 0 Å². The summed E-state index contributed by atoms with van der Waals surface area (Å²) in [4.78, 5) is 19.9. The van der Waals surface area contributed by atoms with Crippen LogP contribution >= 0.6 is 0 Å². The van der Waals surface area contributed by atoms with Crippen LogP contribution in [0.2, 0.25) is 0 Å². The molecule has 1 saturated heterocycles. The fourth-order valence-corrected chi connectivity index (χ4v) is 2.41. The highest BCUT2D eigenvalue weighted by atomic mass is 16.2. The monoisotopic (exact) mass is 262 g/mol. The van der Waals surface area contributed by atoms with Gasteiger partial charge < -0.3 is 15.5 Å². The minimum atomic E-state index is -0.0650. The predicted molar refractivity (Wildman–Crippen MR) is 76.2 cm³/mol. The Balaban J connectivity index is 2.14. The van der Waals surface area contributed by atoms with Crippen LogP contribution in [0.25, 0.3) is 0 Å². The Hall–Kier alpha value is -1.62. The van der Waals surface area contributed by atoms with Gasteiger partial charge in [0.25, 0.3) is 5.91 Å². The molecule has 2 atom stereocenters. The number of carbonyl (C=O) groups excluding carboxylic acids is 1. The van der Waals surface area contributed by atoms with E-state index in [2.05, 4.69) is 16.8 Å². The first kappa shape index (κ1) is 13.8. The van der Waals surface area contributed by atoms with Gasteiger partial charge in [0.05, 0.1) is 0 Å². The smallest absolute Gasteiger partial charge is 0.272 e. The lowest BCUT2D eigenvalue weighted by molar-refractivity contribution is 0.0822. The molecule has 1 aliphatic rings. The molecule has 5 heteroatoms. The van der Waals surface area contributed by atoms with Gasteiger partial charge in [0.2, 0.25) is 0 Å². The summed E-state index contributed by atoms with van der Waals surface area (Å²) in [6.07, 6.45) is 2.81. The van der Waals surface area contributed by atoms with Crippen molar-refractivity contribution in [1.29, 1.82) is 0 Å². The number of amides is 1. The number of rotatable bonds is 3. The highest BCUT2D eigenvalue weighted by molar-refractivity contribution is 5.92. The topological polar surface area (TPSA) is 62.5 Å². The molecule has 2 rings (SSSR count). The fourth-order valence-electron chi connectivity index (χ4n) is 2.41. The second-order valence-electron chi connectivity index (χ2n) is 5.45. The average Bonchev–Trinajstić information content (AvgIpc) is 2.87. The van der Waals surface area contributed by atoms with Gasteiger partial charge in [0.1, 0.15) is 5.69 Å². The van der Waals surface area contributed by atoms with Gasteiger partial charge in [0.15, 0.2) is 0 Å². The van der Waals surface area contributed by atoms with Crippen LogP contribution in [0.5, 0.6) is 0 Å². The van der Waals surface area contributed by atoms with E-state index in [9.17, 15) is 4.79 Å². The largest absolute Gasteiger partial charge is 0.371 e. The quantitative estimate of drug-likeness (QED) is 0.881. The summed E-state index contributed by atoms with van der Waals surface area (Å²) in [5, 5.41) is 0. The second-order valence-corrected chi connectivity index (χ2v) is 5.45. The summed E-state index contributed by atoms with van der Waals surface area (Å²) in [5.41, 5.74) is 7.51. The van der Waals surface area contributed by atoms with Crippen molar-refractivity contribution in [1.82, 2.24) is 9.88 Å². The van der Waals surface area contributed by atoms with Crippen LogP contribution in [0.1, 0.15) is 23.8 Å². The zero-order valence-electron chi connectivity index (χ0n) is 11.8. The maximum Gasteiger partial charge on any atom is 0.272 e. The maximum absolute atomic E-state index is 11.9. The molecule has 0 radical (unpaired) electrons. The second kappa shape index (κ2) is 5.57. The number of carbonyl (C=O) groups is 1. The van der Waals surface area contributed by atoms with Gasteiger partial charge in [0, 0.05) is 45.1 Å². The third kappa shape index (κ3) is 3.04. The molecule has 0 aliphatic carbocycles. The van der Waals surface area contributed by atoms with Gasteiger partial charge in [-0.2, -0.15) is 0 Å². The Morgan fingerprint density at radius 1 is 1.58 bits per heavy atom. The van der Waals surface area contributed by atoms with E-state index in [0.717, 1.165) is 25.2 Å². The van der Waals surface area contributed by atoms with E-state index >= 15 is 0 Å². The third-order valence-corrected chi connectivity index (χ3v) is 3.70. The molecule has 104 valence electrons. The van der Waals surface area contributed by atoms with Crippen molar-refractivity contribution < 1.29 is 4.79 Å². The molecular formula is C14H22N4O. The van der Waals surface area contributed by atoms with E-state index < -0.39 is 0 Å². The average molecular weight is 262 g/mol. The van der Waals surface area contributed by atoms with Crippen molar-refractivity contribution in [2.75, 3.05) is 32.1 Å². The zero-order valence-corrected chi connectivity index (χ0v) is 11.8. The summed E-state index contributed by atoms with van der Waals surface area (Å²) >= 11 is 0. The Morgan fingerprint density at radius 2 is 2.32 bits per heavy atom. The highest BCUT2D eigenvalue weighted by Crippen LogP contribution is 2.25. The molecule has 1 fully saturated rings. The lowest BCUT2D eigenvalue weighted by atomic mass is 10.0. The van der Waals surface area contributed by atoms with E-state index in [4.69, 9.17) is 5.73 Å². The highest BCUT2D eigenvalue weighted by Gasteiger charge is 2.25. The van der Waals surface area contributed by atoms with Crippen LogP contribution in [0.4, 0.5) is 5.69 Å². The molecule has 0 aromatic carbocycles. The normalized spacial score (nSPS) is 20.4. The van der Waals surface area contributed by atoms with Crippen LogP contribution in [0.15, 0.2) is 18.3 Å². The zero-order chi connectivity index (χ0) is 14.0. The SMILES string of the molecule is CC(N)C1CCN(c2ccnc(C(=O)N(C)C)c2)C1. The first-order valence-electron chi connectivity index (χ1n) is 6.67. The first-order valence-corrected chi connectivity index (χ1v) is 6.67. The van der Waals surface area contributed by atoms with Gasteiger partial charge in [-0.15, -0.1) is 0 Å². The summed E-state index contributed by atoms with van der Waals surface area (Å²) in [6, 6.07) is 4.04. The Labute approximate surface area is 114 Å². The Bertz CT molecular complexity index is 459. The standard InChI is InChI=1S/C14H22N4O/c1-10(15)11-5-7-18(9-11)12-4-6-16-13(8-12)14(19)17(2)3/h4,6,8,10-11H,5,7,9,15H2,1-3H3. The molecule has 2 unspecified atom stereocenters. The van der Waals surface area contributed by atoms with E-state index in [-0.39, 0.29) is 11.9 Å². The molecule has 5 nitrogen and oxygen atoms in total. The van der Waals surface area contributed by atoms with E-state index in [1.807, 2.05) is 12.1 Å². The number of nitrogens with zero attached hydrogens (tertiary/aromatic N) is 3. The summed E-state index contributed by atoms with van der Waals surface area (Å²) < 4.78 is 0. The molecule has 19 heavy (non-hydrogen) atoms. The van der Waals surface area contributed by atoms with Crippen LogP contribution < -0.4 is 10.6 Å². The van der Waals surface area contributed by atoms with Gasteiger partial charge in [-0.25, -0.2) is 0 Å². The minimum Gasteiger partial charge on any atom is -0.371 e. The molecule has 1 aliphatic heterocycles. The third-order valence-electron chi connectivity index (χ3n) is 3.70. The number of aromatic nitrogens is 1. The Morgan fingerprint density at radius 3 is 2.89 bits per heavy atom. The number of anilines is 1. The van der Waals surface area contributed by atoms with Gasteiger partial charge >= 0.3 is 0 Å². The number of nitrogens with two attached hydrogens (primary N) is 1. The fraction of sp³-hybridized carbons (Fsp3) is 0.571. The van der Waals surface area contributed by atoms with Crippen LogP contribution in [0.3, 0.4) is 0 Å². The van der Waals surface area contributed by atoms with E-state index in [1.165, 1.54) is 0 Å². The summed E-state index contributed by atoms with van der Waals surface area (Å²) in [7, 11) is 3.47. The lowest BCUT2D eigenvalue weighted by Crippen LogP contribution is -2.30. The lowest BCUT2D eigenvalue weighted by Gasteiger charge is -2.20. The number of hydrogen-bond donors (Lipinski definition) is 1. The minimum absolute atomic E-state index is 0.0650. The predicted octanol–water partition coefficient (Wildman–Crippen LogP) is 0.957. The molecule has 0 bridgehead atoms. The van der Waals surface area contributed by atoms with E-state index in [0.29, 0.717) is 11.6 Å². The molecule has 1 amide bonds. The van der Waals surface area contributed by atoms with Crippen molar-refractivity contribution in [2.24, 2.45) is 11.7 Å². The molecule has 1 aromatic heterocycles. The van der Waals surface area contributed by atoms with Gasteiger partial charge in [-0.3, -0.25) is 9.78 Å².